The van der Waals surface area contributed by atoms with Crippen molar-refractivity contribution in [3.8, 4) is 0 Å². The highest BCUT2D eigenvalue weighted by atomic mass is 32.2. The van der Waals surface area contributed by atoms with Crippen molar-refractivity contribution in [2.24, 2.45) is 0 Å². The normalized spacial score (nSPS) is 13.4. The molecule has 0 saturated carbocycles. The average molecular weight is 299 g/mol. The summed E-state index contributed by atoms with van der Waals surface area (Å²) in [7, 11) is -3.18. The lowest BCUT2D eigenvalue weighted by Crippen LogP contribution is -2.29. The Morgan fingerprint density at radius 1 is 1.30 bits per heavy atom. The highest BCUT2D eigenvalue weighted by Gasteiger charge is 2.16. The summed E-state index contributed by atoms with van der Waals surface area (Å²) in [6.07, 6.45) is 1.27. The van der Waals surface area contributed by atoms with Gasteiger partial charge in [-0.2, -0.15) is 0 Å². The van der Waals surface area contributed by atoms with Crippen molar-refractivity contribution < 1.29 is 18.3 Å². The lowest BCUT2D eigenvalue weighted by molar-refractivity contribution is -0.137. The van der Waals surface area contributed by atoms with E-state index in [1.807, 2.05) is 18.7 Å². The number of nitrogens with zero attached hydrogens (tertiary/aromatic N) is 1. The SMILES string of the molecule is CCN(CCC(=O)O)C(C)c1ccc(S(C)(=O)=O)cc1. The fraction of sp³-hybridized carbons (Fsp3) is 0.500. The van der Waals surface area contributed by atoms with Gasteiger partial charge in [-0.3, -0.25) is 9.69 Å². The molecule has 0 bridgehead atoms. The van der Waals surface area contributed by atoms with Gasteiger partial charge < -0.3 is 5.11 Å². The number of aliphatic carboxylic acids is 1. The first-order valence-electron chi connectivity index (χ1n) is 6.51. The molecule has 0 amide bonds. The molecule has 0 radical (unpaired) electrons. The molecule has 1 rings (SSSR count). The van der Waals surface area contributed by atoms with Crippen LogP contribution in [0.15, 0.2) is 29.2 Å². The standard InChI is InChI=1S/C14H21NO4S/c1-4-15(10-9-14(16)17)11(2)12-5-7-13(8-6-12)20(3,18)19/h5-8,11H,4,9-10H2,1-3H3,(H,16,17). The molecule has 112 valence electrons. The number of carboxylic acids is 1. The zero-order valence-electron chi connectivity index (χ0n) is 12.0. The van der Waals surface area contributed by atoms with Crippen LogP contribution in [0, 0.1) is 0 Å². The minimum atomic E-state index is -3.18. The molecule has 0 aromatic heterocycles. The summed E-state index contributed by atoms with van der Waals surface area (Å²) in [5.74, 6) is -0.817. The van der Waals surface area contributed by atoms with E-state index in [0.29, 0.717) is 11.4 Å². The van der Waals surface area contributed by atoms with Crippen LogP contribution in [0.4, 0.5) is 0 Å². The second-order valence-corrected chi connectivity index (χ2v) is 6.81. The number of rotatable bonds is 7. The maximum absolute atomic E-state index is 11.4. The number of sulfone groups is 1. The number of carboxylic acid groups (broad SMARTS) is 1. The second-order valence-electron chi connectivity index (χ2n) is 4.79. The first-order chi connectivity index (χ1) is 9.25. The number of hydrogen-bond acceptors (Lipinski definition) is 4. The highest BCUT2D eigenvalue weighted by molar-refractivity contribution is 7.90. The van der Waals surface area contributed by atoms with Crippen LogP contribution in [0.3, 0.4) is 0 Å². The summed E-state index contributed by atoms with van der Waals surface area (Å²) in [5, 5.41) is 8.74. The van der Waals surface area contributed by atoms with Crippen molar-refractivity contribution in [2.45, 2.75) is 31.2 Å². The molecule has 0 aliphatic rings. The zero-order chi connectivity index (χ0) is 15.3. The molecule has 1 unspecified atom stereocenters. The summed E-state index contributed by atoms with van der Waals surface area (Å²) >= 11 is 0. The smallest absolute Gasteiger partial charge is 0.304 e. The van der Waals surface area contributed by atoms with Crippen LogP contribution < -0.4 is 0 Å². The minimum Gasteiger partial charge on any atom is -0.481 e. The monoisotopic (exact) mass is 299 g/mol. The summed E-state index contributed by atoms with van der Waals surface area (Å²) in [6, 6.07) is 6.79. The molecule has 0 saturated heterocycles. The predicted molar refractivity (Wildman–Crippen MR) is 77.5 cm³/mol. The number of hydrogen-bond donors (Lipinski definition) is 1. The van der Waals surface area contributed by atoms with E-state index in [1.165, 1.54) is 6.26 Å². The molecular weight excluding hydrogens is 278 g/mol. The number of carbonyl (C=O) groups is 1. The van der Waals surface area contributed by atoms with Gasteiger partial charge in [-0.05, 0) is 31.2 Å². The van der Waals surface area contributed by atoms with E-state index in [-0.39, 0.29) is 12.5 Å². The van der Waals surface area contributed by atoms with Gasteiger partial charge in [0.1, 0.15) is 0 Å². The molecule has 5 nitrogen and oxygen atoms in total. The molecule has 1 aromatic rings. The summed E-state index contributed by atoms with van der Waals surface area (Å²) in [6.45, 7) is 5.17. The van der Waals surface area contributed by atoms with Gasteiger partial charge in [0, 0.05) is 18.8 Å². The Kier molecular flexibility index (Phi) is 5.71. The third kappa shape index (κ3) is 4.61. The molecule has 0 aliphatic carbocycles. The summed E-state index contributed by atoms with van der Waals surface area (Å²) in [4.78, 5) is 13.0. The Labute approximate surface area is 120 Å². The Bertz CT molecular complexity index is 551. The van der Waals surface area contributed by atoms with E-state index < -0.39 is 15.8 Å². The van der Waals surface area contributed by atoms with E-state index in [4.69, 9.17) is 5.11 Å². The van der Waals surface area contributed by atoms with Gasteiger partial charge in [0.15, 0.2) is 9.84 Å². The van der Waals surface area contributed by atoms with Crippen LogP contribution in [0.1, 0.15) is 31.9 Å². The van der Waals surface area contributed by atoms with E-state index in [2.05, 4.69) is 0 Å². The average Bonchev–Trinajstić information content (AvgIpc) is 2.38. The zero-order valence-corrected chi connectivity index (χ0v) is 12.9. The predicted octanol–water partition coefficient (Wildman–Crippen LogP) is 1.95. The van der Waals surface area contributed by atoms with Gasteiger partial charge in [-0.1, -0.05) is 19.1 Å². The fourth-order valence-electron chi connectivity index (χ4n) is 2.07. The van der Waals surface area contributed by atoms with Crippen LogP contribution in [0.25, 0.3) is 0 Å². The molecule has 0 fully saturated rings. The van der Waals surface area contributed by atoms with Gasteiger partial charge in [0.05, 0.1) is 11.3 Å². The van der Waals surface area contributed by atoms with Crippen LogP contribution >= 0.6 is 0 Å². The second kappa shape index (κ2) is 6.85. The van der Waals surface area contributed by atoms with Gasteiger partial charge in [0.25, 0.3) is 0 Å². The maximum atomic E-state index is 11.4. The minimum absolute atomic E-state index is 0.0490. The molecule has 0 aliphatic heterocycles. The fourth-order valence-corrected chi connectivity index (χ4v) is 2.70. The van der Waals surface area contributed by atoms with Crippen LogP contribution in [0.2, 0.25) is 0 Å². The van der Waals surface area contributed by atoms with Crippen molar-refractivity contribution in [3.63, 3.8) is 0 Å². The van der Waals surface area contributed by atoms with Crippen molar-refractivity contribution in [1.29, 1.82) is 0 Å². The van der Waals surface area contributed by atoms with E-state index in [0.717, 1.165) is 12.1 Å². The van der Waals surface area contributed by atoms with Crippen LogP contribution in [-0.4, -0.2) is 43.7 Å². The van der Waals surface area contributed by atoms with Gasteiger partial charge in [-0.15, -0.1) is 0 Å². The third-order valence-corrected chi connectivity index (χ3v) is 4.49. The maximum Gasteiger partial charge on any atom is 0.304 e. The highest BCUT2D eigenvalue weighted by Crippen LogP contribution is 2.21. The quantitative estimate of drug-likeness (QED) is 0.833. The van der Waals surface area contributed by atoms with Crippen LogP contribution in [-0.2, 0) is 14.6 Å². The Hall–Kier alpha value is -1.40. The van der Waals surface area contributed by atoms with Gasteiger partial charge >= 0.3 is 5.97 Å². The molecule has 1 aromatic carbocycles. The number of benzene rings is 1. The Morgan fingerprint density at radius 2 is 1.85 bits per heavy atom. The van der Waals surface area contributed by atoms with Crippen molar-refractivity contribution in [2.75, 3.05) is 19.3 Å². The van der Waals surface area contributed by atoms with Crippen molar-refractivity contribution >= 4 is 15.8 Å². The van der Waals surface area contributed by atoms with Gasteiger partial charge in [-0.25, -0.2) is 8.42 Å². The van der Waals surface area contributed by atoms with E-state index >= 15 is 0 Å². The lowest BCUT2D eigenvalue weighted by atomic mass is 10.1. The summed E-state index contributed by atoms with van der Waals surface area (Å²) < 4.78 is 22.8. The van der Waals surface area contributed by atoms with Crippen molar-refractivity contribution in [1.82, 2.24) is 4.90 Å². The molecule has 0 heterocycles. The van der Waals surface area contributed by atoms with Crippen molar-refractivity contribution in [3.05, 3.63) is 29.8 Å². The lowest BCUT2D eigenvalue weighted by Gasteiger charge is -2.27. The Balaban J connectivity index is 2.84. The third-order valence-electron chi connectivity index (χ3n) is 3.36. The largest absolute Gasteiger partial charge is 0.481 e. The Morgan fingerprint density at radius 3 is 2.25 bits per heavy atom. The molecule has 1 atom stereocenters. The first kappa shape index (κ1) is 16.7. The molecule has 1 N–H and O–H groups in total. The molecular formula is C14H21NO4S. The summed E-state index contributed by atoms with van der Waals surface area (Å²) in [5.41, 5.74) is 0.977. The topological polar surface area (TPSA) is 74.7 Å². The van der Waals surface area contributed by atoms with Crippen LogP contribution in [0.5, 0.6) is 0 Å². The van der Waals surface area contributed by atoms with E-state index in [9.17, 15) is 13.2 Å². The molecule has 6 heteroatoms. The van der Waals surface area contributed by atoms with E-state index in [1.54, 1.807) is 24.3 Å². The first-order valence-corrected chi connectivity index (χ1v) is 8.40. The molecule has 0 spiro atoms. The van der Waals surface area contributed by atoms with Gasteiger partial charge in [0.2, 0.25) is 0 Å². The molecule has 20 heavy (non-hydrogen) atoms.